The van der Waals surface area contributed by atoms with E-state index in [1.54, 1.807) is 16.8 Å². The molecule has 162 valence electrons. The molecule has 9 heteroatoms. The number of nitrogens with zero attached hydrogens (tertiary/aromatic N) is 4. The van der Waals surface area contributed by atoms with Gasteiger partial charge in [0.15, 0.2) is 18.1 Å². The lowest BCUT2D eigenvalue weighted by Gasteiger charge is -2.14. The van der Waals surface area contributed by atoms with Crippen molar-refractivity contribution in [3.05, 3.63) is 66.2 Å². The molecule has 1 heterocycles. The van der Waals surface area contributed by atoms with Gasteiger partial charge in [0.25, 0.3) is 5.91 Å². The summed E-state index contributed by atoms with van der Waals surface area (Å²) in [6.45, 7) is 8.93. The van der Waals surface area contributed by atoms with Crippen LogP contribution >= 0.6 is 0 Å². The summed E-state index contributed by atoms with van der Waals surface area (Å²) in [6.07, 6.45) is 1.72. The summed E-state index contributed by atoms with van der Waals surface area (Å²) in [7, 11) is 0. The first-order valence-electron chi connectivity index (χ1n) is 9.95. The summed E-state index contributed by atoms with van der Waals surface area (Å²) in [4.78, 5) is 12.2. The Hall–Kier alpha value is -3.88. The van der Waals surface area contributed by atoms with E-state index in [1.807, 2.05) is 50.2 Å². The predicted octanol–water partition coefficient (Wildman–Crippen LogP) is 3.20. The number of amides is 1. The van der Waals surface area contributed by atoms with Gasteiger partial charge in [0.05, 0.1) is 13.2 Å². The lowest BCUT2D eigenvalue weighted by atomic mass is 10.2. The maximum atomic E-state index is 12.2. The van der Waals surface area contributed by atoms with Crippen molar-refractivity contribution in [2.75, 3.05) is 23.8 Å². The number of allylic oxidation sites excluding steroid dienone is 1. The fourth-order valence-corrected chi connectivity index (χ4v) is 2.78. The van der Waals surface area contributed by atoms with Crippen LogP contribution in [0.15, 0.2) is 55.1 Å². The normalized spacial score (nSPS) is 10.4. The summed E-state index contributed by atoms with van der Waals surface area (Å²) in [5, 5.41) is 17.5. The predicted molar refractivity (Wildman–Crippen MR) is 118 cm³/mol. The number of rotatable bonds is 11. The molecule has 0 saturated carbocycles. The molecule has 2 N–H and O–H groups in total. The molecule has 3 aromatic rings. The number of benzene rings is 2. The van der Waals surface area contributed by atoms with Gasteiger partial charge in [-0.2, -0.15) is 0 Å². The van der Waals surface area contributed by atoms with Crippen LogP contribution in [0, 0.1) is 6.92 Å². The van der Waals surface area contributed by atoms with E-state index in [1.165, 1.54) is 0 Å². The highest BCUT2D eigenvalue weighted by Crippen LogP contribution is 2.29. The molecule has 0 aliphatic carbocycles. The average molecular weight is 422 g/mol. The Morgan fingerprint density at radius 2 is 1.97 bits per heavy atom. The molecule has 0 aliphatic rings. The van der Waals surface area contributed by atoms with Crippen molar-refractivity contribution in [1.82, 2.24) is 20.2 Å². The maximum absolute atomic E-state index is 12.2. The third-order valence-electron chi connectivity index (χ3n) is 4.29. The van der Waals surface area contributed by atoms with Gasteiger partial charge in [0.1, 0.15) is 0 Å². The zero-order valence-corrected chi connectivity index (χ0v) is 17.7. The summed E-state index contributed by atoms with van der Waals surface area (Å²) >= 11 is 0. The highest BCUT2D eigenvalue weighted by Gasteiger charge is 2.11. The number of carbonyl (C=O) groups is 1. The van der Waals surface area contributed by atoms with E-state index >= 15 is 0 Å². The highest BCUT2D eigenvalue weighted by molar-refractivity contribution is 5.91. The minimum absolute atomic E-state index is 0.123. The number of carbonyl (C=O) groups excluding carboxylic acids is 1. The number of hydrogen-bond donors (Lipinski definition) is 2. The second-order valence-electron chi connectivity index (χ2n) is 6.74. The van der Waals surface area contributed by atoms with Crippen LogP contribution in [0.3, 0.4) is 0 Å². The molecule has 1 aromatic heterocycles. The van der Waals surface area contributed by atoms with Gasteiger partial charge in [-0.05, 0) is 54.1 Å². The highest BCUT2D eigenvalue weighted by atomic mass is 16.5. The lowest BCUT2D eigenvalue weighted by Crippen LogP contribution is -2.20. The van der Waals surface area contributed by atoms with E-state index in [0.717, 1.165) is 16.8 Å². The van der Waals surface area contributed by atoms with Gasteiger partial charge in [-0.25, -0.2) is 4.68 Å². The van der Waals surface area contributed by atoms with Gasteiger partial charge in [0, 0.05) is 12.2 Å². The van der Waals surface area contributed by atoms with Crippen LogP contribution in [0.25, 0.3) is 0 Å². The Morgan fingerprint density at radius 1 is 1.16 bits per heavy atom. The number of aromatic nitrogens is 4. The van der Waals surface area contributed by atoms with Crippen LogP contribution in [0.1, 0.15) is 18.1 Å². The van der Waals surface area contributed by atoms with E-state index in [9.17, 15) is 4.79 Å². The largest absolute Gasteiger partial charge is 0.490 e. The number of nitrogens with one attached hydrogen (secondary N) is 2. The minimum atomic E-state index is -0.244. The number of anilines is 2. The van der Waals surface area contributed by atoms with Crippen LogP contribution in [0.2, 0.25) is 0 Å². The molecule has 0 saturated heterocycles. The number of hydrogen-bond acceptors (Lipinski definition) is 7. The molecule has 0 unspecified atom stereocenters. The Balaban J connectivity index is 1.60. The van der Waals surface area contributed by atoms with Gasteiger partial charge < -0.3 is 20.1 Å². The van der Waals surface area contributed by atoms with E-state index in [4.69, 9.17) is 9.47 Å². The smallest absolute Gasteiger partial charge is 0.262 e. The first-order valence-corrected chi connectivity index (χ1v) is 9.95. The first kappa shape index (κ1) is 21.8. The number of ether oxygens (including phenoxy) is 2. The fraction of sp³-hybridized carbons (Fsp3) is 0.273. The molecule has 31 heavy (non-hydrogen) atoms. The topological polar surface area (TPSA) is 103 Å². The molecule has 0 radical (unpaired) electrons. The maximum Gasteiger partial charge on any atom is 0.262 e. The van der Waals surface area contributed by atoms with Crippen LogP contribution in [-0.4, -0.2) is 39.3 Å². The summed E-state index contributed by atoms with van der Waals surface area (Å²) < 4.78 is 13.0. The van der Waals surface area contributed by atoms with Crippen molar-refractivity contribution in [3.8, 4) is 11.5 Å². The SMILES string of the molecule is C=CCn1nnnc1NCc1ccc(OCC(=O)Nc2ccc(C)cc2)c(OCC)c1. The fourth-order valence-electron chi connectivity index (χ4n) is 2.78. The van der Waals surface area contributed by atoms with E-state index < -0.39 is 0 Å². The van der Waals surface area contributed by atoms with Crippen LogP contribution < -0.4 is 20.1 Å². The monoisotopic (exact) mass is 422 g/mol. The third-order valence-corrected chi connectivity index (χ3v) is 4.29. The molecule has 0 aliphatic heterocycles. The number of aryl methyl sites for hydroxylation is 1. The second kappa shape index (κ2) is 10.8. The van der Waals surface area contributed by atoms with Gasteiger partial charge in [0.2, 0.25) is 5.95 Å². The van der Waals surface area contributed by atoms with E-state index in [0.29, 0.717) is 37.1 Å². The van der Waals surface area contributed by atoms with Crippen molar-refractivity contribution in [1.29, 1.82) is 0 Å². The van der Waals surface area contributed by atoms with E-state index in [2.05, 4.69) is 32.7 Å². The Bertz CT molecular complexity index is 1020. The molecular weight excluding hydrogens is 396 g/mol. The van der Waals surface area contributed by atoms with Gasteiger partial charge in [-0.1, -0.05) is 34.9 Å². The minimum Gasteiger partial charge on any atom is -0.490 e. The Morgan fingerprint density at radius 3 is 2.71 bits per heavy atom. The van der Waals surface area contributed by atoms with Crippen LogP contribution in [0.5, 0.6) is 11.5 Å². The molecule has 0 bridgehead atoms. The standard InChI is InChI=1S/C22H26N6O3/c1-4-12-28-22(25-26-27-28)23-14-17-8-11-19(20(13-17)30-5-2)31-15-21(29)24-18-9-6-16(3)7-10-18/h4,6-11,13H,1,5,12,14-15H2,2-3H3,(H,24,29)(H,23,25,27). The van der Waals surface area contributed by atoms with Gasteiger partial charge in [-0.15, -0.1) is 6.58 Å². The molecule has 2 aromatic carbocycles. The average Bonchev–Trinajstić information content (AvgIpc) is 3.21. The Labute approximate surface area is 181 Å². The molecular formula is C22H26N6O3. The molecule has 1 amide bonds. The lowest BCUT2D eigenvalue weighted by molar-refractivity contribution is -0.118. The summed E-state index contributed by atoms with van der Waals surface area (Å²) in [5.41, 5.74) is 2.81. The van der Waals surface area contributed by atoms with Crippen molar-refractivity contribution in [2.24, 2.45) is 0 Å². The quantitative estimate of drug-likeness (QED) is 0.457. The molecule has 0 atom stereocenters. The molecule has 0 fully saturated rings. The van der Waals surface area contributed by atoms with Crippen molar-refractivity contribution in [2.45, 2.75) is 26.9 Å². The van der Waals surface area contributed by atoms with Crippen molar-refractivity contribution in [3.63, 3.8) is 0 Å². The van der Waals surface area contributed by atoms with Crippen LogP contribution in [-0.2, 0) is 17.9 Å². The van der Waals surface area contributed by atoms with E-state index in [-0.39, 0.29) is 12.5 Å². The molecule has 0 spiro atoms. The van der Waals surface area contributed by atoms with Crippen molar-refractivity contribution < 1.29 is 14.3 Å². The molecule has 9 nitrogen and oxygen atoms in total. The van der Waals surface area contributed by atoms with Gasteiger partial charge >= 0.3 is 0 Å². The zero-order valence-electron chi connectivity index (χ0n) is 17.7. The second-order valence-corrected chi connectivity index (χ2v) is 6.74. The Kier molecular flexibility index (Phi) is 7.58. The zero-order chi connectivity index (χ0) is 22.1. The summed E-state index contributed by atoms with van der Waals surface area (Å²) in [5.74, 6) is 1.37. The van der Waals surface area contributed by atoms with Gasteiger partial charge in [-0.3, -0.25) is 4.79 Å². The van der Waals surface area contributed by atoms with Crippen LogP contribution in [0.4, 0.5) is 11.6 Å². The first-order chi connectivity index (χ1) is 15.1. The van der Waals surface area contributed by atoms with Crippen molar-refractivity contribution >= 4 is 17.5 Å². The third kappa shape index (κ3) is 6.30. The molecule has 3 rings (SSSR count). The summed E-state index contributed by atoms with van der Waals surface area (Å²) in [6, 6.07) is 13.1. The number of tetrazole rings is 1.